The molecule has 1 aliphatic carbocycles. The van der Waals surface area contributed by atoms with Crippen LogP contribution in [0.2, 0.25) is 5.04 Å². The Morgan fingerprint density at radius 2 is 1.52 bits per heavy atom. The van der Waals surface area contributed by atoms with Crippen molar-refractivity contribution < 1.29 is 8.85 Å². The minimum absolute atomic E-state index is 0.0362. The van der Waals surface area contributed by atoms with Crippen molar-refractivity contribution in [2.24, 2.45) is 5.92 Å². The Kier molecular flexibility index (Phi) is 7.89. The van der Waals surface area contributed by atoms with Crippen LogP contribution in [0, 0.1) is 5.92 Å². The first-order valence-electron chi connectivity index (χ1n) is 8.92. The van der Waals surface area contributed by atoms with E-state index in [1.54, 1.807) is 0 Å². The Bertz CT molecular complexity index is 283. The predicted molar refractivity (Wildman–Crippen MR) is 92.5 cm³/mol. The van der Waals surface area contributed by atoms with E-state index in [1.807, 2.05) is 0 Å². The maximum absolute atomic E-state index is 6.40. The van der Waals surface area contributed by atoms with Gasteiger partial charge in [0.25, 0.3) is 0 Å². The highest BCUT2D eigenvalue weighted by molar-refractivity contribution is 6.68. The third kappa shape index (κ3) is 5.34. The minimum atomic E-state index is -2.42. The molecule has 0 spiro atoms. The van der Waals surface area contributed by atoms with Crippen LogP contribution in [0.15, 0.2) is 0 Å². The van der Waals surface area contributed by atoms with Gasteiger partial charge >= 0.3 is 8.72 Å². The average molecular weight is 316 g/mol. The monoisotopic (exact) mass is 315 g/mol. The van der Waals surface area contributed by atoms with Crippen molar-refractivity contribution >= 4 is 8.72 Å². The van der Waals surface area contributed by atoms with Crippen LogP contribution in [0.25, 0.3) is 0 Å². The summed E-state index contributed by atoms with van der Waals surface area (Å²) in [5.74, 6) is 0.725. The third-order valence-corrected chi connectivity index (χ3v) is 8.44. The molecule has 0 heterocycles. The van der Waals surface area contributed by atoms with E-state index in [1.165, 1.54) is 25.7 Å². The van der Waals surface area contributed by atoms with E-state index < -0.39 is 8.72 Å². The van der Waals surface area contributed by atoms with Crippen LogP contribution in [-0.4, -0.2) is 28.0 Å². The van der Waals surface area contributed by atoms with Gasteiger partial charge in [0, 0.05) is 24.3 Å². The first-order valence-corrected chi connectivity index (χ1v) is 10.7. The molecule has 0 aromatic heterocycles. The van der Waals surface area contributed by atoms with E-state index in [-0.39, 0.29) is 5.04 Å². The molecule has 3 nitrogen and oxygen atoms in total. The molecule has 0 amide bonds. The molecule has 126 valence electrons. The first-order chi connectivity index (χ1) is 9.86. The van der Waals surface area contributed by atoms with Crippen molar-refractivity contribution in [3.05, 3.63) is 0 Å². The lowest BCUT2D eigenvalue weighted by atomic mass is 9.87. The van der Waals surface area contributed by atoms with Crippen molar-refractivity contribution in [3.63, 3.8) is 0 Å². The standard InChI is InChI=1S/C17H37NO2Si/c1-7-13-19-21(17(4,5)6,20-14-8-2)18-16-12-10-9-11-15(16)3/h15-16,18H,7-14H2,1-6H3. The summed E-state index contributed by atoms with van der Waals surface area (Å²) in [7, 11) is -2.42. The van der Waals surface area contributed by atoms with Gasteiger partial charge in [0.2, 0.25) is 0 Å². The lowest BCUT2D eigenvalue weighted by Gasteiger charge is -2.45. The summed E-state index contributed by atoms with van der Waals surface area (Å²) < 4.78 is 12.8. The number of hydrogen-bond donors (Lipinski definition) is 1. The molecule has 2 atom stereocenters. The van der Waals surface area contributed by atoms with Crippen molar-refractivity contribution in [2.75, 3.05) is 13.2 Å². The summed E-state index contributed by atoms with van der Waals surface area (Å²) in [5, 5.41) is 0.0362. The fourth-order valence-corrected chi connectivity index (χ4v) is 6.49. The van der Waals surface area contributed by atoms with E-state index in [9.17, 15) is 0 Å². The highest BCUT2D eigenvalue weighted by Crippen LogP contribution is 2.38. The van der Waals surface area contributed by atoms with E-state index in [0.29, 0.717) is 6.04 Å². The van der Waals surface area contributed by atoms with Crippen molar-refractivity contribution in [3.8, 4) is 0 Å². The molecule has 2 unspecified atom stereocenters. The molecule has 4 heteroatoms. The SMILES string of the molecule is CCCO[Si](NC1CCCCC1C)(OCCC)C(C)(C)C. The molecule has 0 saturated heterocycles. The van der Waals surface area contributed by atoms with Gasteiger partial charge in [-0.05, 0) is 31.6 Å². The van der Waals surface area contributed by atoms with Gasteiger partial charge in [-0.25, -0.2) is 0 Å². The van der Waals surface area contributed by atoms with Gasteiger partial charge in [-0.2, -0.15) is 0 Å². The second-order valence-corrected chi connectivity index (χ2v) is 11.2. The summed E-state index contributed by atoms with van der Waals surface area (Å²) in [5.41, 5.74) is 0. The summed E-state index contributed by atoms with van der Waals surface area (Å²) in [4.78, 5) is 3.92. The normalized spacial score (nSPS) is 24.3. The molecule has 21 heavy (non-hydrogen) atoms. The van der Waals surface area contributed by atoms with Crippen molar-refractivity contribution in [1.29, 1.82) is 0 Å². The summed E-state index contributed by atoms with van der Waals surface area (Å²) in [6.45, 7) is 15.1. The molecule has 1 saturated carbocycles. The Morgan fingerprint density at radius 3 is 1.95 bits per heavy atom. The minimum Gasteiger partial charge on any atom is -0.382 e. The average Bonchev–Trinajstić information content (AvgIpc) is 2.43. The van der Waals surface area contributed by atoms with Gasteiger partial charge in [0.05, 0.1) is 0 Å². The van der Waals surface area contributed by atoms with Gasteiger partial charge in [-0.1, -0.05) is 54.4 Å². The highest BCUT2D eigenvalue weighted by Gasteiger charge is 2.52. The molecular weight excluding hydrogens is 278 g/mol. The smallest absolute Gasteiger partial charge is 0.382 e. The van der Waals surface area contributed by atoms with E-state index in [2.05, 4.69) is 46.5 Å². The Hall–Kier alpha value is 0.0969. The van der Waals surface area contributed by atoms with Gasteiger partial charge in [0.1, 0.15) is 0 Å². The number of hydrogen-bond acceptors (Lipinski definition) is 3. The van der Waals surface area contributed by atoms with E-state index >= 15 is 0 Å². The van der Waals surface area contributed by atoms with Gasteiger partial charge in [-0.3, -0.25) is 4.98 Å². The van der Waals surface area contributed by atoms with Gasteiger partial charge in [-0.15, -0.1) is 0 Å². The largest absolute Gasteiger partial charge is 0.430 e. The molecule has 0 aliphatic heterocycles. The summed E-state index contributed by atoms with van der Waals surface area (Å²) in [6, 6.07) is 0.554. The quantitative estimate of drug-likeness (QED) is 0.656. The van der Waals surface area contributed by atoms with Crippen LogP contribution >= 0.6 is 0 Å². The molecule has 0 radical (unpaired) electrons. The van der Waals surface area contributed by atoms with Crippen LogP contribution in [0.3, 0.4) is 0 Å². The fourth-order valence-electron chi connectivity index (χ4n) is 3.04. The molecule has 1 aliphatic rings. The molecule has 0 aromatic rings. The zero-order valence-corrected chi connectivity index (χ0v) is 16.1. The van der Waals surface area contributed by atoms with Crippen LogP contribution in [-0.2, 0) is 8.85 Å². The molecule has 1 fully saturated rings. The van der Waals surface area contributed by atoms with Crippen LogP contribution in [0.4, 0.5) is 0 Å². The van der Waals surface area contributed by atoms with E-state index in [4.69, 9.17) is 8.85 Å². The van der Waals surface area contributed by atoms with Crippen LogP contribution in [0.5, 0.6) is 0 Å². The van der Waals surface area contributed by atoms with Crippen molar-refractivity contribution in [2.45, 2.75) is 91.1 Å². The second kappa shape index (κ2) is 8.66. The Balaban J connectivity index is 2.90. The molecule has 1 rings (SSSR count). The first kappa shape index (κ1) is 19.1. The molecule has 0 aromatic carbocycles. The fraction of sp³-hybridized carbons (Fsp3) is 1.00. The topological polar surface area (TPSA) is 30.5 Å². The van der Waals surface area contributed by atoms with Crippen LogP contribution < -0.4 is 4.98 Å². The lowest BCUT2D eigenvalue weighted by Crippen LogP contribution is -2.66. The molecule has 0 bridgehead atoms. The maximum Gasteiger partial charge on any atom is 0.430 e. The Labute approximate surface area is 133 Å². The van der Waals surface area contributed by atoms with Gasteiger partial charge in [0.15, 0.2) is 0 Å². The maximum atomic E-state index is 6.40. The predicted octanol–water partition coefficient (Wildman–Crippen LogP) is 4.75. The van der Waals surface area contributed by atoms with Crippen LogP contribution in [0.1, 0.15) is 80.1 Å². The summed E-state index contributed by atoms with van der Waals surface area (Å²) in [6.07, 6.45) is 7.38. The number of nitrogens with one attached hydrogen (secondary N) is 1. The number of rotatable bonds is 8. The van der Waals surface area contributed by atoms with Crippen molar-refractivity contribution in [1.82, 2.24) is 4.98 Å². The molecule has 1 N–H and O–H groups in total. The second-order valence-electron chi connectivity index (χ2n) is 7.58. The summed E-state index contributed by atoms with van der Waals surface area (Å²) >= 11 is 0. The third-order valence-electron chi connectivity index (χ3n) is 4.49. The molecular formula is C17H37NO2Si. The van der Waals surface area contributed by atoms with E-state index in [0.717, 1.165) is 32.0 Å². The zero-order chi connectivity index (χ0) is 15.9. The highest BCUT2D eigenvalue weighted by atomic mass is 28.4. The van der Waals surface area contributed by atoms with Gasteiger partial charge < -0.3 is 8.85 Å². The Morgan fingerprint density at radius 1 is 1.00 bits per heavy atom. The lowest BCUT2D eigenvalue weighted by molar-refractivity contribution is 0.123. The zero-order valence-electron chi connectivity index (χ0n) is 15.1.